The quantitative estimate of drug-likeness (QED) is 0.827. The molecule has 0 aliphatic heterocycles. The normalized spacial score (nSPS) is 10.6. The maximum atomic E-state index is 6.17. The molecule has 0 aromatic heterocycles. The topological polar surface area (TPSA) is 15.3 Å². The van der Waals surface area contributed by atoms with Gasteiger partial charge < -0.3 is 10.2 Å². The van der Waals surface area contributed by atoms with Crippen LogP contribution in [-0.4, -0.2) is 20.1 Å². The van der Waals surface area contributed by atoms with E-state index < -0.39 is 0 Å². The molecule has 2 aromatic carbocycles. The fourth-order valence-corrected chi connectivity index (χ4v) is 2.53. The minimum absolute atomic E-state index is 0.789. The van der Waals surface area contributed by atoms with Gasteiger partial charge in [0.25, 0.3) is 0 Å². The summed E-state index contributed by atoms with van der Waals surface area (Å²) in [6, 6.07) is 16.7. The van der Waals surface area contributed by atoms with E-state index in [2.05, 4.69) is 66.7 Å². The van der Waals surface area contributed by atoms with Gasteiger partial charge in [-0.05, 0) is 36.2 Å². The lowest BCUT2D eigenvalue weighted by Gasteiger charge is -2.23. The van der Waals surface area contributed by atoms with Crippen molar-refractivity contribution in [2.45, 2.75) is 19.9 Å². The second kappa shape index (κ2) is 8.06. The van der Waals surface area contributed by atoms with Gasteiger partial charge >= 0.3 is 0 Å². The van der Waals surface area contributed by atoms with Crippen LogP contribution in [0.5, 0.6) is 0 Å². The van der Waals surface area contributed by atoms with E-state index in [1.54, 1.807) is 0 Å². The molecule has 21 heavy (non-hydrogen) atoms. The lowest BCUT2D eigenvalue weighted by Crippen LogP contribution is -2.23. The number of benzene rings is 2. The highest BCUT2D eigenvalue weighted by molar-refractivity contribution is 6.30. The molecule has 112 valence electrons. The highest BCUT2D eigenvalue weighted by atomic mass is 35.5. The summed E-state index contributed by atoms with van der Waals surface area (Å²) in [6.07, 6.45) is 1.03. The van der Waals surface area contributed by atoms with Gasteiger partial charge in [0, 0.05) is 30.8 Å². The molecule has 0 bridgehead atoms. The van der Waals surface area contributed by atoms with E-state index in [4.69, 9.17) is 11.6 Å². The van der Waals surface area contributed by atoms with Gasteiger partial charge in [0.05, 0.1) is 0 Å². The first-order chi connectivity index (χ1) is 10.2. The van der Waals surface area contributed by atoms with Gasteiger partial charge in [0.2, 0.25) is 0 Å². The minimum atomic E-state index is 0.789. The Morgan fingerprint density at radius 3 is 2.57 bits per heavy atom. The Hall–Kier alpha value is -1.51. The molecule has 3 heteroatoms. The van der Waals surface area contributed by atoms with Gasteiger partial charge in [-0.1, -0.05) is 54.9 Å². The lowest BCUT2D eigenvalue weighted by molar-refractivity contribution is 0.723. The number of nitrogens with zero attached hydrogens (tertiary/aromatic N) is 1. The van der Waals surface area contributed by atoms with E-state index in [1.807, 2.05) is 6.07 Å². The molecule has 0 saturated heterocycles. The van der Waals surface area contributed by atoms with E-state index in [9.17, 15) is 0 Å². The average Bonchev–Trinajstić information content (AvgIpc) is 2.52. The second-order valence-corrected chi connectivity index (χ2v) is 5.65. The Balaban J connectivity index is 2.06. The van der Waals surface area contributed by atoms with Crippen molar-refractivity contribution < 1.29 is 0 Å². The van der Waals surface area contributed by atoms with Crippen molar-refractivity contribution in [3.63, 3.8) is 0 Å². The lowest BCUT2D eigenvalue weighted by atomic mass is 10.1. The van der Waals surface area contributed by atoms with Crippen LogP contribution >= 0.6 is 11.6 Å². The van der Waals surface area contributed by atoms with Crippen LogP contribution in [0.3, 0.4) is 0 Å². The van der Waals surface area contributed by atoms with Crippen molar-refractivity contribution in [3.8, 4) is 0 Å². The third-order valence-corrected chi connectivity index (χ3v) is 3.84. The van der Waals surface area contributed by atoms with E-state index in [0.29, 0.717) is 0 Å². The van der Waals surface area contributed by atoms with Crippen LogP contribution in [0.15, 0.2) is 48.5 Å². The third-order valence-electron chi connectivity index (χ3n) is 3.60. The zero-order valence-electron chi connectivity index (χ0n) is 12.8. The molecule has 0 amide bonds. The van der Waals surface area contributed by atoms with Crippen LogP contribution in [0.25, 0.3) is 0 Å². The van der Waals surface area contributed by atoms with Gasteiger partial charge in [0.15, 0.2) is 0 Å². The van der Waals surface area contributed by atoms with E-state index in [1.165, 1.54) is 16.8 Å². The minimum Gasteiger partial charge on any atom is -0.374 e. The summed E-state index contributed by atoms with van der Waals surface area (Å²) in [4.78, 5) is 2.28. The zero-order chi connectivity index (χ0) is 15.1. The smallest absolute Gasteiger partial charge is 0.0426 e. The first-order valence-corrected chi connectivity index (χ1v) is 7.82. The Labute approximate surface area is 132 Å². The molecule has 0 aliphatic carbocycles. The second-order valence-electron chi connectivity index (χ2n) is 5.21. The molecule has 0 radical (unpaired) electrons. The predicted octanol–water partition coefficient (Wildman–Crippen LogP) is 4.13. The number of halogens is 1. The van der Waals surface area contributed by atoms with Gasteiger partial charge in [-0.2, -0.15) is 0 Å². The van der Waals surface area contributed by atoms with Gasteiger partial charge in [-0.3, -0.25) is 0 Å². The summed E-state index contributed by atoms with van der Waals surface area (Å²) in [5.74, 6) is 0. The van der Waals surface area contributed by atoms with E-state index >= 15 is 0 Å². The van der Waals surface area contributed by atoms with E-state index in [0.717, 1.165) is 31.1 Å². The monoisotopic (exact) mass is 302 g/mol. The first-order valence-electron chi connectivity index (χ1n) is 7.45. The maximum absolute atomic E-state index is 6.17. The SMILES string of the molecule is CCNCc1ccc(Cl)cc1N(C)CCc1ccccc1. The highest BCUT2D eigenvalue weighted by Gasteiger charge is 2.08. The molecular weight excluding hydrogens is 280 g/mol. The molecule has 0 saturated carbocycles. The van der Waals surface area contributed by atoms with Crippen LogP contribution < -0.4 is 10.2 Å². The standard InChI is InChI=1S/C18H23ClN2/c1-3-20-14-16-9-10-17(19)13-18(16)21(2)12-11-15-7-5-4-6-8-15/h4-10,13,20H,3,11-12,14H2,1-2H3. The fourth-order valence-electron chi connectivity index (χ4n) is 2.36. The highest BCUT2D eigenvalue weighted by Crippen LogP contribution is 2.24. The molecule has 0 spiro atoms. The number of likely N-dealkylation sites (N-methyl/N-ethyl adjacent to an activating group) is 1. The molecule has 2 rings (SSSR count). The Bertz CT molecular complexity index is 554. The average molecular weight is 303 g/mol. The van der Waals surface area contributed by atoms with Crippen LogP contribution in [-0.2, 0) is 13.0 Å². The van der Waals surface area contributed by atoms with Crippen LogP contribution in [0.4, 0.5) is 5.69 Å². The Morgan fingerprint density at radius 2 is 1.86 bits per heavy atom. The van der Waals surface area contributed by atoms with Crippen molar-refractivity contribution in [2.24, 2.45) is 0 Å². The molecule has 1 N–H and O–H groups in total. The molecular formula is C18H23ClN2. The van der Waals surface area contributed by atoms with Crippen molar-refractivity contribution in [2.75, 3.05) is 25.0 Å². The maximum Gasteiger partial charge on any atom is 0.0426 e. The van der Waals surface area contributed by atoms with Crippen LogP contribution in [0.2, 0.25) is 5.02 Å². The van der Waals surface area contributed by atoms with Gasteiger partial charge in [0.1, 0.15) is 0 Å². The molecule has 0 atom stereocenters. The number of rotatable bonds is 7. The molecule has 2 aromatic rings. The predicted molar refractivity (Wildman–Crippen MR) is 92.2 cm³/mol. The largest absolute Gasteiger partial charge is 0.374 e. The molecule has 2 nitrogen and oxygen atoms in total. The summed E-state index contributed by atoms with van der Waals surface area (Å²) in [7, 11) is 2.13. The van der Waals surface area contributed by atoms with Crippen molar-refractivity contribution >= 4 is 17.3 Å². The summed E-state index contributed by atoms with van der Waals surface area (Å²) >= 11 is 6.17. The number of nitrogens with one attached hydrogen (secondary N) is 1. The number of hydrogen-bond donors (Lipinski definition) is 1. The van der Waals surface area contributed by atoms with Crippen molar-refractivity contribution in [1.29, 1.82) is 0 Å². The third kappa shape index (κ3) is 4.76. The molecule has 0 heterocycles. The summed E-state index contributed by atoms with van der Waals surface area (Å²) in [5, 5.41) is 4.17. The summed E-state index contributed by atoms with van der Waals surface area (Å²) in [6.45, 7) is 4.94. The number of hydrogen-bond acceptors (Lipinski definition) is 2. The van der Waals surface area contributed by atoms with E-state index in [-0.39, 0.29) is 0 Å². The van der Waals surface area contributed by atoms with Crippen molar-refractivity contribution in [3.05, 3.63) is 64.7 Å². The zero-order valence-corrected chi connectivity index (χ0v) is 13.5. The summed E-state index contributed by atoms with van der Waals surface area (Å²) in [5.41, 5.74) is 3.86. The fraction of sp³-hybridized carbons (Fsp3) is 0.333. The van der Waals surface area contributed by atoms with Gasteiger partial charge in [-0.15, -0.1) is 0 Å². The van der Waals surface area contributed by atoms with Crippen molar-refractivity contribution in [1.82, 2.24) is 5.32 Å². The first kappa shape index (κ1) is 15.9. The molecule has 0 fully saturated rings. The van der Waals surface area contributed by atoms with Crippen LogP contribution in [0.1, 0.15) is 18.1 Å². The number of anilines is 1. The Morgan fingerprint density at radius 1 is 1.10 bits per heavy atom. The van der Waals surface area contributed by atoms with Gasteiger partial charge in [-0.25, -0.2) is 0 Å². The molecule has 0 aliphatic rings. The Kier molecular flexibility index (Phi) is 6.09. The van der Waals surface area contributed by atoms with Crippen LogP contribution in [0, 0.1) is 0 Å². The molecule has 0 unspecified atom stereocenters. The summed E-state index contributed by atoms with van der Waals surface area (Å²) < 4.78 is 0.